The third kappa shape index (κ3) is 4.00. The van der Waals surface area contributed by atoms with Gasteiger partial charge in [0.1, 0.15) is 11.6 Å². The van der Waals surface area contributed by atoms with Gasteiger partial charge in [-0.15, -0.1) is 0 Å². The molecule has 1 aromatic carbocycles. The third-order valence-corrected chi connectivity index (χ3v) is 4.42. The number of pyridine rings is 1. The molecule has 24 heavy (non-hydrogen) atoms. The molecule has 6 heteroatoms. The summed E-state index contributed by atoms with van der Waals surface area (Å²) in [4.78, 5) is 20.5. The molecule has 0 spiro atoms. The lowest BCUT2D eigenvalue weighted by atomic mass is 10.2. The Morgan fingerprint density at radius 1 is 1.17 bits per heavy atom. The lowest BCUT2D eigenvalue weighted by Crippen LogP contribution is -2.48. The van der Waals surface area contributed by atoms with Crippen molar-refractivity contribution in [2.75, 3.05) is 31.1 Å². The average molecular weight is 390 g/mol. The first-order valence-corrected chi connectivity index (χ1v) is 8.51. The summed E-state index contributed by atoms with van der Waals surface area (Å²) in [6, 6.07) is 10.5. The second-order valence-corrected chi connectivity index (χ2v) is 6.42. The zero-order valence-corrected chi connectivity index (χ0v) is 14.6. The molecule has 0 N–H and O–H groups in total. The first kappa shape index (κ1) is 16.6. The van der Waals surface area contributed by atoms with Crippen LogP contribution in [0.1, 0.15) is 5.56 Å². The number of hydrogen-bond donors (Lipinski definition) is 0. The highest BCUT2D eigenvalue weighted by Crippen LogP contribution is 2.17. The van der Waals surface area contributed by atoms with Crippen LogP contribution in [0.3, 0.4) is 0 Å². The van der Waals surface area contributed by atoms with Crippen molar-refractivity contribution in [2.45, 2.75) is 0 Å². The number of aromatic nitrogens is 1. The van der Waals surface area contributed by atoms with Crippen LogP contribution >= 0.6 is 15.9 Å². The number of carbonyl (C=O) groups is 1. The summed E-state index contributed by atoms with van der Waals surface area (Å²) in [6.07, 6.45) is 4.72. The number of hydrogen-bond acceptors (Lipinski definition) is 3. The number of carbonyl (C=O) groups excluding carboxylic acids is 1. The molecule has 0 atom stereocenters. The fraction of sp³-hybridized carbons (Fsp3) is 0.222. The first-order chi connectivity index (χ1) is 11.6. The Labute approximate surface area is 148 Å². The molecule has 124 valence electrons. The minimum atomic E-state index is -0.345. The Kier molecular flexibility index (Phi) is 5.25. The molecular weight excluding hydrogens is 373 g/mol. The topological polar surface area (TPSA) is 36.4 Å². The minimum absolute atomic E-state index is 0.102. The molecule has 4 nitrogen and oxygen atoms in total. The molecule has 3 rings (SSSR count). The van der Waals surface area contributed by atoms with E-state index in [2.05, 4.69) is 25.8 Å². The van der Waals surface area contributed by atoms with Crippen LogP contribution in [0.5, 0.6) is 0 Å². The second-order valence-electron chi connectivity index (χ2n) is 5.50. The SMILES string of the molecule is O=C(/C=C/c1cc(Br)ccc1F)N1CCN(c2ccccn2)CC1. The lowest BCUT2D eigenvalue weighted by molar-refractivity contribution is -0.126. The number of rotatable bonds is 3. The van der Waals surface area contributed by atoms with E-state index in [4.69, 9.17) is 0 Å². The fourth-order valence-corrected chi connectivity index (χ4v) is 2.98. The normalized spacial score (nSPS) is 15.1. The van der Waals surface area contributed by atoms with Crippen molar-refractivity contribution in [1.82, 2.24) is 9.88 Å². The van der Waals surface area contributed by atoms with Crippen molar-refractivity contribution in [3.8, 4) is 0 Å². The van der Waals surface area contributed by atoms with Crippen LogP contribution in [0.25, 0.3) is 6.08 Å². The molecule has 0 unspecified atom stereocenters. The summed E-state index contributed by atoms with van der Waals surface area (Å²) in [6.45, 7) is 2.73. The number of piperazine rings is 1. The van der Waals surface area contributed by atoms with Gasteiger partial charge in [-0.2, -0.15) is 0 Å². The lowest BCUT2D eigenvalue weighted by Gasteiger charge is -2.34. The number of amides is 1. The zero-order valence-electron chi connectivity index (χ0n) is 13.0. The molecule has 0 radical (unpaired) electrons. The second kappa shape index (κ2) is 7.57. The van der Waals surface area contributed by atoms with E-state index in [0.717, 1.165) is 23.4 Å². The molecule has 0 aliphatic carbocycles. The standard InChI is InChI=1S/C18H17BrFN3O/c19-15-5-6-16(20)14(13-15)4-7-18(24)23-11-9-22(10-12-23)17-3-1-2-8-21-17/h1-8,13H,9-12H2/b7-4+. The van der Waals surface area contributed by atoms with Crippen LogP contribution < -0.4 is 4.90 Å². The zero-order chi connectivity index (χ0) is 16.9. The maximum Gasteiger partial charge on any atom is 0.246 e. The molecule has 1 amide bonds. The third-order valence-electron chi connectivity index (χ3n) is 3.93. The molecular formula is C18H17BrFN3O. The first-order valence-electron chi connectivity index (χ1n) is 7.71. The van der Waals surface area contributed by atoms with E-state index < -0.39 is 0 Å². The molecule has 1 saturated heterocycles. The predicted octanol–water partition coefficient (Wildman–Crippen LogP) is 3.35. The van der Waals surface area contributed by atoms with Crippen molar-refractivity contribution in [3.05, 3.63) is 64.5 Å². The monoisotopic (exact) mass is 389 g/mol. The molecule has 2 aromatic rings. The van der Waals surface area contributed by atoms with E-state index in [1.165, 1.54) is 18.2 Å². The highest BCUT2D eigenvalue weighted by molar-refractivity contribution is 9.10. The number of halogens is 2. The van der Waals surface area contributed by atoms with E-state index in [9.17, 15) is 9.18 Å². The highest BCUT2D eigenvalue weighted by atomic mass is 79.9. The van der Waals surface area contributed by atoms with Crippen molar-refractivity contribution in [3.63, 3.8) is 0 Å². The van der Waals surface area contributed by atoms with Crippen LogP contribution in [0.2, 0.25) is 0 Å². The fourth-order valence-electron chi connectivity index (χ4n) is 2.61. The average Bonchev–Trinajstić information content (AvgIpc) is 2.63. The molecule has 1 fully saturated rings. The van der Waals surface area contributed by atoms with Crippen molar-refractivity contribution in [1.29, 1.82) is 0 Å². The molecule has 1 aliphatic rings. The van der Waals surface area contributed by atoms with Gasteiger partial charge >= 0.3 is 0 Å². The smallest absolute Gasteiger partial charge is 0.246 e. The van der Waals surface area contributed by atoms with E-state index in [1.807, 2.05) is 18.2 Å². The Balaban J connectivity index is 1.59. The van der Waals surface area contributed by atoms with E-state index in [1.54, 1.807) is 23.2 Å². The molecule has 0 saturated carbocycles. The van der Waals surface area contributed by atoms with Crippen LogP contribution in [-0.2, 0) is 4.79 Å². The van der Waals surface area contributed by atoms with Crippen LogP contribution in [0.15, 0.2) is 53.1 Å². The van der Waals surface area contributed by atoms with Crippen LogP contribution in [-0.4, -0.2) is 42.0 Å². The Hall–Kier alpha value is -2.21. The van der Waals surface area contributed by atoms with Gasteiger partial charge in [0.05, 0.1) is 0 Å². The maximum absolute atomic E-state index is 13.7. The van der Waals surface area contributed by atoms with Gasteiger partial charge < -0.3 is 9.80 Å². The highest BCUT2D eigenvalue weighted by Gasteiger charge is 2.20. The molecule has 1 aliphatic heterocycles. The summed E-state index contributed by atoms with van der Waals surface area (Å²) in [5.41, 5.74) is 0.393. The van der Waals surface area contributed by atoms with E-state index >= 15 is 0 Å². The van der Waals surface area contributed by atoms with Crippen LogP contribution in [0.4, 0.5) is 10.2 Å². The molecule has 1 aromatic heterocycles. The van der Waals surface area contributed by atoms with Gasteiger partial charge in [-0.05, 0) is 36.4 Å². The summed E-state index contributed by atoms with van der Waals surface area (Å²) in [5.74, 6) is 0.480. The number of benzene rings is 1. The van der Waals surface area contributed by atoms with Crippen LogP contribution in [0, 0.1) is 5.82 Å². The van der Waals surface area contributed by atoms with Gasteiger partial charge in [-0.1, -0.05) is 22.0 Å². The molecule has 0 bridgehead atoms. The van der Waals surface area contributed by atoms with Crippen molar-refractivity contribution in [2.24, 2.45) is 0 Å². The largest absolute Gasteiger partial charge is 0.353 e. The number of anilines is 1. The Bertz CT molecular complexity index is 743. The Morgan fingerprint density at radius 2 is 1.96 bits per heavy atom. The van der Waals surface area contributed by atoms with Crippen molar-refractivity contribution < 1.29 is 9.18 Å². The Morgan fingerprint density at radius 3 is 2.67 bits per heavy atom. The maximum atomic E-state index is 13.7. The summed E-state index contributed by atoms with van der Waals surface area (Å²) in [5, 5.41) is 0. The van der Waals surface area contributed by atoms with E-state index in [-0.39, 0.29) is 11.7 Å². The van der Waals surface area contributed by atoms with Gasteiger partial charge in [0.25, 0.3) is 0 Å². The quantitative estimate of drug-likeness (QED) is 0.755. The van der Waals surface area contributed by atoms with Crippen molar-refractivity contribution >= 4 is 33.7 Å². The number of nitrogens with zero attached hydrogens (tertiary/aromatic N) is 3. The summed E-state index contributed by atoms with van der Waals surface area (Å²) >= 11 is 3.30. The van der Waals surface area contributed by atoms with Gasteiger partial charge in [0.15, 0.2) is 0 Å². The predicted molar refractivity (Wildman–Crippen MR) is 96.2 cm³/mol. The van der Waals surface area contributed by atoms with E-state index in [0.29, 0.717) is 18.7 Å². The van der Waals surface area contributed by atoms with Gasteiger partial charge in [0.2, 0.25) is 5.91 Å². The summed E-state index contributed by atoms with van der Waals surface area (Å²) in [7, 11) is 0. The summed E-state index contributed by atoms with van der Waals surface area (Å²) < 4.78 is 14.5. The van der Waals surface area contributed by atoms with Gasteiger partial charge in [-0.25, -0.2) is 9.37 Å². The van der Waals surface area contributed by atoms with Gasteiger partial charge in [-0.3, -0.25) is 4.79 Å². The molecule has 2 heterocycles. The minimum Gasteiger partial charge on any atom is -0.353 e. The van der Waals surface area contributed by atoms with Gasteiger partial charge in [0, 0.05) is 48.5 Å².